The van der Waals surface area contributed by atoms with E-state index < -0.39 is 0 Å². The number of carbonyl (C=O) groups is 1. The van der Waals surface area contributed by atoms with E-state index in [0.717, 1.165) is 25.7 Å². The van der Waals surface area contributed by atoms with E-state index in [0.29, 0.717) is 18.7 Å². The lowest BCUT2D eigenvalue weighted by atomic mass is 10.2. The standard InChI is InChI=1S/C15H22N2O3/c16-9-3-1-2-4-10-17-15(20)8-6-12-5-7-13(18)14(19)11-12/h5-8,11,18-19H,1-4,9-10,16H2,(H,17,20)/b8-6+. The van der Waals surface area contributed by atoms with Gasteiger partial charge in [0.1, 0.15) is 0 Å². The second-order valence-electron chi connectivity index (χ2n) is 4.58. The Morgan fingerprint density at radius 3 is 2.60 bits per heavy atom. The molecule has 0 aliphatic heterocycles. The van der Waals surface area contributed by atoms with Crippen molar-refractivity contribution < 1.29 is 15.0 Å². The first-order chi connectivity index (χ1) is 9.63. The molecule has 0 aromatic heterocycles. The molecule has 5 nitrogen and oxygen atoms in total. The minimum Gasteiger partial charge on any atom is -0.504 e. The number of benzene rings is 1. The van der Waals surface area contributed by atoms with Crippen LogP contribution in [0.2, 0.25) is 0 Å². The van der Waals surface area contributed by atoms with Gasteiger partial charge in [0.05, 0.1) is 0 Å². The Labute approximate surface area is 119 Å². The molecule has 0 aliphatic rings. The molecule has 1 aromatic carbocycles. The summed E-state index contributed by atoms with van der Waals surface area (Å²) < 4.78 is 0. The summed E-state index contributed by atoms with van der Waals surface area (Å²) in [5, 5.41) is 21.3. The van der Waals surface area contributed by atoms with Crippen LogP contribution in [-0.4, -0.2) is 29.2 Å². The summed E-state index contributed by atoms with van der Waals surface area (Å²) in [5.74, 6) is -0.548. The highest BCUT2D eigenvalue weighted by molar-refractivity contribution is 5.91. The van der Waals surface area contributed by atoms with E-state index in [4.69, 9.17) is 10.8 Å². The topological polar surface area (TPSA) is 95.6 Å². The molecular weight excluding hydrogens is 256 g/mol. The summed E-state index contributed by atoms with van der Waals surface area (Å²) in [6, 6.07) is 4.39. The number of unbranched alkanes of at least 4 members (excludes halogenated alkanes) is 3. The lowest BCUT2D eigenvalue weighted by Gasteiger charge is -2.02. The Balaban J connectivity index is 2.27. The van der Waals surface area contributed by atoms with E-state index in [2.05, 4.69) is 5.32 Å². The molecule has 0 spiro atoms. The summed E-state index contributed by atoms with van der Waals surface area (Å²) in [7, 11) is 0. The highest BCUT2D eigenvalue weighted by Gasteiger charge is 1.99. The van der Waals surface area contributed by atoms with Gasteiger partial charge in [-0.1, -0.05) is 18.9 Å². The molecule has 0 heterocycles. The molecule has 1 rings (SSSR count). The summed E-state index contributed by atoms with van der Waals surface area (Å²) >= 11 is 0. The number of aromatic hydroxyl groups is 2. The van der Waals surface area contributed by atoms with Gasteiger partial charge in [0.25, 0.3) is 0 Å². The first kappa shape index (κ1) is 16.0. The Bertz CT molecular complexity index is 458. The molecule has 0 fully saturated rings. The van der Waals surface area contributed by atoms with Gasteiger partial charge in [0.2, 0.25) is 5.91 Å². The van der Waals surface area contributed by atoms with Crippen molar-refractivity contribution in [3.05, 3.63) is 29.8 Å². The number of rotatable bonds is 8. The van der Waals surface area contributed by atoms with Gasteiger partial charge in [0.15, 0.2) is 11.5 Å². The molecule has 5 N–H and O–H groups in total. The third-order valence-electron chi connectivity index (χ3n) is 2.86. The van der Waals surface area contributed by atoms with Gasteiger partial charge < -0.3 is 21.3 Å². The summed E-state index contributed by atoms with van der Waals surface area (Å²) in [6.45, 7) is 1.36. The quantitative estimate of drug-likeness (QED) is 0.331. The van der Waals surface area contributed by atoms with Gasteiger partial charge in [-0.2, -0.15) is 0 Å². The van der Waals surface area contributed by atoms with E-state index in [1.165, 1.54) is 18.2 Å². The number of nitrogens with two attached hydrogens (primary N) is 1. The normalized spacial score (nSPS) is 10.8. The zero-order chi connectivity index (χ0) is 14.8. The average Bonchev–Trinajstić information content (AvgIpc) is 2.44. The van der Waals surface area contributed by atoms with Gasteiger partial charge in [-0.15, -0.1) is 0 Å². The maximum absolute atomic E-state index is 11.5. The van der Waals surface area contributed by atoms with Crippen LogP contribution in [-0.2, 0) is 4.79 Å². The maximum Gasteiger partial charge on any atom is 0.243 e. The van der Waals surface area contributed by atoms with Crippen molar-refractivity contribution in [2.75, 3.05) is 13.1 Å². The molecule has 0 unspecified atom stereocenters. The Morgan fingerprint density at radius 2 is 1.90 bits per heavy atom. The summed E-state index contributed by atoms with van der Waals surface area (Å²) in [6.07, 6.45) is 7.12. The third kappa shape index (κ3) is 6.24. The van der Waals surface area contributed by atoms with E-state index in [-0.39, 0.29) is 17.4 Å². The number of amides is 1. The number of hydrogen-bond acceptors (Lipinski definition) is 4. The van der Waals surface area contributed by atoms with E-state index in [1.807, 2.05) is 0 Å². The van der Waals surface area contributed by atoms with Crippen LogP contribution in [0.15, 0.2) is 24.3 Å². The molecule has 110 valence electrons. The Hall–Kier alpha value is -2.01. The van der Waals surface area contributed by atoms with Crippen LogP contribution in [0, 0.1) is 0 Å². The van der Waals surface area contributed by atoms with Gasteiger partial charge in [-0.05, 0) is 43.2 Å². The van der Waals surface area contributed by atoms with Crippen molar-refractivity contribution in [1.29, 1.82) is 0 Å². The second-order valence-corrected chi connectivity index (χ2v) is 4.58. The molecule has 0 atom stereocenters. The molecule has 0 saturated carbocycles. The number of hydrogen-bond donors (Lipinski definition) is 4. The smallest absolute Gasteiger partial charge is 0.243 e. The number of nitrogens with one attached hydrogen (secondary N) is 1. The summed E-state index contributed by atoms with van der Waals surface area (Å²) in [4.78, 5) is 11.5. The van der Waals surface area contributed by atoms with E-state index in [9.17, 15) is 9.90 Å². The fourth-order valence-electron chi connectivity index (χ4n) is 1.71. The molecular formula is C15H22N2O3. The fraction of sp³-hybridized carbons (Fsp3) is 0.400. The molecule has 0 bridgehead atoms. The predicted molar refractivity (Wildman–Crippen MR) is 79.3 cm³/mol. The molecule has 0 radical (unpaired) electrons. The van der Waals surface area contributed by atoms with Crippen LogP contribution in [0.5, 0.6) is 11.5 Å². The van der Waals surface area contributed by atoms with Crippen LogP contribution < -0.4 is 11.1 Å². The molecule has 20 heavy (non-hydrogen) atoms. The van der Waals surface area contributed by atoms with Crippen molar-refractivity contribution in [2.24, 2.45) is 5.73 Å². The Kier molecular flexibility index (Phi) is 7.21. The van der Waals surface area contributed by atoms with Crippen LogP contribution >= 0.6 is 0 Å². The highest BCUT2D eigenvalue weighted by atomic mass is 16.3. The van der Waals surface area contributed by atoms with Crippen molar-refractivity contribution >= 4 is 12.0 Å². The molecule has 1 aromatic rings. The first-order valence-corrected chi connectivity index (χ1v) is 6.81. The lowest BCUT2D eigenvalue weighted by molar-refractivity contribution is -0.116. The molecule has 0 saturated heterocycles. The number of phenols is 2. The Morgan fingerprint density at radius 1 is 1.15 bits per heavy atom. The SMILES string of the molecule is NCCCCCCNC(=O)/C=C/c1ccc(O)c(O)c1. The zero-order valence-corrected chi connectivity index (χ0v) is 11.5. The van der Waals surface area contributed by atoms with Crippen LogP contribution in [0.3, 0.4) is 0 Å². The van der Waals surface area contributed by atoms with Crippen LogP contribution in [0.25, 0.3) is 6.08 Å². The minimum absolute atomic E-state index is 0.170. The van der Waals surface area contributed by atoms with Crippen LogP contribution in [0.1, 0.15) is 31.2 Å². The second kappa shape index (κ2) is 8.98. The van der Waals surface area contributed by atoms with Crippen molar-refractivity contribution in [1.82, 2.24) is 5.32 Å². The third-order valence-corrected chi connectivity index (χ3v) is 2.86. The fourth-order valence-corrected chi connectivity index (χ4v) is 1.71. The molecule has 5 heteroatoms. The first-order valence-electron chi connectivity index (χ1n) is 6.81. The maximum atomic E-state index is 11.5. The summed E-state index contributed by atoms with van der Waals surface area (Å²) in [5.41, 5.74) is 6.05. The predicted octanol–water partition coefficient (Wildman–Crippen LogP) is 1.75. The van der Waals surface area contributed by atoms with Gasteiger partial charge in [-0.25, -0.2) is 0 Å². The van der Waals surface area contributed by atoms with Crippen LogP contribution in [0.4, 0.5) is 0 Å². The van der Waals surface area contributed by atoms with Crippen molar-refractivity contribution in [3.8, 4) is 11.5 Å². The van der Waals surface area contributed by atoms with Gasteiger partial charge in [-0.3, -0.25) is 4.79 Å². The van der Waals surface area contributed by atoms with E-state index >= 15 is 0 Å². The molecule has 0 aliphatic carbocycles. The lowest BCUT2D eigenvalue weighted by Crippen LogP contribution is -2.22. The monoisotopic (exact) mass is 278 g/mol. The molecule has 1 amide bonds. The number of phenolic OH excluding ortho intramolecular Hbond substituents is 2. The zero-order valence-electron chi connectivity index (χ0n) is 11.5. The largest absolute Gasteiger partial charge is 0.504 e. The van der Waals surface area contributed by atoms with Gasteiger partial charge in [0, 0.05) is 12.6 Å². The minimum atomic E-state index is -0.201. The highest BCUT2D eigenvalue weighted by Crippen LogP contribution is 2.25. The van der Waals surface area contributed by atoms with E-state index in [1.54, 1.807) is 12.1 Å². The van der Waals surface area contributed by atoms with Crippen molar-refractivity contribution in [3.63, 3.8) is 0 Å². The van der Waals surface area contributed by atoms with Gasteiger partial charge >= 0.3 is 0 Å². The average molecular weight is 278 g/mol. The number of carbonyl (C=O) groups excluding carboxylic acids is 1. The van der Waals surface area contributed by atoms with Crippen molar-refractivity contribution in [2.45, 2.75) is 25.7 Å².